The van der Waals surface area contributed by atoms with Gasteiger partial charge in [-0.3, -0.25) is 9.59 Å². The van der Waals surface area contributed by atoms with Gasteiger partial charge in [-0.25, -0.2) is 0 Å². The van der Waals surface area contributed by atoms with Crippen LogP contribution < -0.4 is 0 Å². The Kier molecular flexibility index (Phi) is 3.48. The summed E-state index contributed by atoms with van der Waals surface area (Å²) in [4.78, 5) is 25.2. The van der Waals surface area contributed by atoms with Crippen molar-refractivity contribution in [3.8, 4) is 0 Å². The second-order valence-corrected chi connectivity index (χ2v) is 4.76. The predicted molar refractivity (Wildman–Crippen MR) is 66.3 cm³/mol. The molecule has 1 aromatic rings. The van der Waals surface area contributed by atoms with Crippen molar-refractivity contribution in [2.75, 3.05) is 13.1 Å². The van der Waals surface area contributed by atoms with Crippen LogP contribution in [0.1, 0.15) is 28.8 Å². The Morgan fingerprint density at radius 3 is 2.88 bits per heavy atom. The molecule has 0 bridgehead atoms. The van der Waals surface area contributed by atoms with Gasteiger partial charge in [-0.2, -0.15) is 0 Å². The highest BCUT2D eigenvalue weighted by atomic mass is 35.5. The van der Waals surface area contributed by atoms with Gasteiger partial charge in [0.15, 0.2) is 5.78 Å². The SMILES string of the molecule is Cc1ccc(Cl)cc1C(=O)N1CCCC(=O)C1. The summed E-state index contributed by atoms with van der Waals surface area (Å²) in [5.41, 5.74) is 1.48. The molecule has 2 rings (SSSR count). The molecule has 1 aromatic carbocycles. The number of benzene rings is 1. The zero-order valence-corrected chi connectivity index (χ0v) is 10.5. The molecule has 0 aliphatic carbocycles. The summed E-state index contributed by atoms with van der Waals surface area (Å²) in [6, 6.07) is 5.24. The number of carbonyl (C=O) groups is 2. The molecule has 0 spiro atoms. The van der Waals surface area contributed by atoms with E-state index in [0.29, 0.717) is 23.6 Å². The van der Waals surface area contributed by atoms with Gasteiger partial charge in [-0.1, -0.05) is 17.7 Å². The molecule has 1 aliphatic rings. The van der Waals surface area contributed by atoms with E-state index in [1.165, 1.54) is 0 Å². The third kappa shape index (κ3) is 2.67. The Balaban J connectivity index is 2.24. The number of likely N-dealkylation sites (tertiary alicyclic amines) is 1. The third-order valence-corrected chi connectivity index (χ3v) is 3.20. The highest BCUT2D eigenvalue weighted by Gasteiger charge is 2.23. The van der Waals surface area contributed by atoms with Gasteiger partial charge in [0.25, 0.3) is 5.91 Å². The number of nitrogens with zero attached hydrogens (tertiary/aromatic N) is 1. The van der Waals surface area contributed by atoms with E-state index >= 15 is 0 Å². The third-order valence-electron chi connectivity index (χ3n) is 2.97. The minimum atomic E-state index is -0.0990. The lowest BCUT2D eigenvalue weighted by atomic mass is 10.0. The van der Waals surface area contributed by atoms with Crippen molar-refractivity contribution in [2.24, 2.45) is 0 Å². The second kappa shape index (κ2) is 4.88. The van der Waals surface area contributed by atoms with Gasteiger partial charge in [0.1, 0.15) is 0 Å². The van der Waals surface area contributed by atoms with Crippen molar-refractivity contribution in [2.45, 2.75) is 19.8 Å². The van der Waals surface area contributed by atoms with E-state index in [4.69, 9.17) is 11.6 Å². The lowest BCUT2D eigenvalue weighted by molar-refractivity contribution is -0.121. The summed E-state index contributed by atoms with van der Waals surface area (Å²) < 4.78 is 0. The number of piperidine rings is 1. The molecule has 0 atom stereocenters. The summed E-state index contributed by atoms with van der Waals surface area (Å²) in [6.45, 7) is 2.75. The van der Waals surface area contributed by atoms with Gasteiger partial charge in [-0.05, 0) is 31.0 Å². The molecule has 1 fully saturated rings. The Morgan fingerprint density at radius 1 is 1.41 bits per heavy atom. The predicted octanol–water partition coefficient (Wildman–Crippen LogP) is 2.45. The first kappa shape index (κ1) is 12.1. The highest BCUT2D eigenvalue weighted by molar-refractivity contribution is 6.31. The van der Waals surface area contributed by atoms with Crippen molar-refractivity contribution in [3.05, 3.63) is 34.3 Å². The maximum Gasteiger partial charge on any atom is 0.254 e. The molecule has 0 aromatic heterocycles. The van der Waals surface area contributed by atoms with Crippen molar-refractivity contribution in [1.29, 1.82) is 0 Å². The molecule has 0 unspecified atom stereocenters. The molecule has 0 saturated carbocycles. The topological polar surface area (TPSA) is 37.4 Å². The van der Waals surface area contributed by atoms with E-state index < -0.39 is 0 Å². The minimum absolute atomic E-state index is 0.0990. The van der Waals surface area contributed by atoms with Crippen LogP contribution >= 0.6 is 11.6 Å². The maximum atomic E-state index is 12.2. The number of carbonyl (C=O) groups excluding carboxylic acids is 2. The van der Waals surface area contributed by atoms with Crippen molar-refractivity contribution in [1.82, 2.24) is 4.90 Å². The molecule has 1 heterocycles. The first-order valence-electron chi connectivity index (χ1n) is 5.65. The van der Waals surface area contributed by atoms with Crippen LogP contribution in [-0.4, -0.2) is 29.7 Å². The molecule has 3 nitrogen and oxygen atoms in total. The molecule has 0 radical (unpaired) electrons. The zero-order valence-electron chi connectivity index (χ0n) is 9.70. The molecule has 17 heavy (non-hydrogen) atoms. The van der Waals surface area contributed by atoms with E-state index in [2.05, 4.69) is 0 Å². The number of ketones is 1. The molecule has 0 N–H and O–H groups in total. The fourth-order valence-electron chi connectivity index (χ4n) is 2.01. The fourth-order valence-corrected chi connectivity index (χ4v) is 2.18. The van der Waals surface area contributed by atoms with Crippen LogP contribution in [-0.2, 0) is 4.79 Å². The smallest absolute Gasteiger partial charge is 0.254 e. The van der Waals surface area contributed by atoms with Gasteiger partial charge < -0.3 is 4.90 Å². The number of aryl methyl sites for hydroxylation is 1. The second-order valence-electron chi connectivity index (χ2n) is 4.33. The molecule has 1 saturated heterocycles. The lowest BCUT2D eigenvalue weighted by Gasteiger charge is -2.26. The summed E-state index contributed by atoms with van der Waals surface area (Å²) in [6.07, 6.45) is 1.34. The molecule has 1 aliphatic heterocycles. The number of rotatable bonds is 1. The zero-order chi connectivity index (χ0) is 12.4. The summed E-state index contributed by atoms with van der Waals surface area (Å²) in [7, 11) is 0. The van der Waals surface area contributed by atoms with E-state index in [-0.39, 0.29) is 18.2 Å². The van der Waals surface area contributed by atoms with Gasteiger partial charge in [0.2, 0.25) is 0 Å². The average molecular weight is 252 g/mol. The van der Waals surface area contributed by atoms with E-state index in [1.807, 2.05) is 13.0 Å². The quantitative estimate of drug-likeness (QED) is 0.769. The largest absolute Gasteiger partial charge is 0.331 e. The van der Waals surface area contributed by atoms with E-state index in [9.17, 15) is 9.59 Å². The lowest BCUT2D eigenvalue weighted by Crippen LogP contribution is -2.40. The van der Waals surface area contributed by atoms with Crippen molar-refractivity contribution < 1.29 is 9.59 Å². The fraction of sp³-hybridized carbons (Fsp3) is 0.385. The van der Waals surface area contributed by atoms with Crippen LogP contribution in [0.2, 0.25) is 5.02 Å². The van der Waals surface area contributed by atoms with Gasteiger partial charge in [0, 0.05) is 23.6 Å². The van der Waals surface area contributed by atoms with Gasteiger partial charge >= 0.3 is 0 Å². The van der Waals surface area contributed by atoms with Gasteiger partial charge in [-0.15, -0.1) is 0 Å². The van der Waals surface area contributed by atoms with Crippen LogP contribution in [0, 0.1) is 6.92 Å². The Morgan fingerprint density at radius 2 is 2.18 bits per heavy atom. The highest BCUT2D eigenvalue weighted by Crippen LogP contribution is 2.18. The van der Waals surface area contributed by atoms with Gasteiger partial charge in [0.05, 0.1) is 6.54 Å². The van der Waals surface area contributed by atoms with Crippen LogP contribution in [0.5, 0.6) is 0 Å². The Hall–Kier alpha value is -1.35. The molecular weight excluding hydrogens is 238 g/mol. The van der Waals surface area contributed by atoms with Crippen LogP contribution in [0.15, 0.2) is 18.2 Å². The standard InChI is InChI=1S/C13H14ClNO2/c1-9-4-5-10(14)7-12(9)13(17)15-6-2-3-11(16)8-15/h4-5,7H,2-3,6,8H2,1H3. The van der Waals surface area contributed by atoms with E-state index in [0.717, 1.165) is 12.0 Å². The van der Waals surface area contributed by atoms with Crippen LogP contribution in [0.3, 0.4) is 0 Å². The monoisotopic (exact) mass is 251 g/mol. The first-order chi connectivity index (χ1) is 8.08. The van der Waals surface area contributed by atoms with Crippen molar-refractivity contribution in [3.63, 3.8) is 0 Å². The van der Waals surface area contributed by atoms with Crippen LogP contribution in [0.4, 0.5) is 0 Å². The average Bonchev–Trinajstić information content (AvgIpc) is 2.31. The molecule has 4 heteroatoms. The summed E-state index contributed by atoms with van der Waals surface area (Å²) in [5, 5.41) is 0.544. The maximum absolute atomic E-state index is 12.2. The number of hydrogen-bond donors (Lipinski definition) is 0. The van der Waals surface area contributed by atoms with Crippen molar-refractivity contribution >= 4 is 23.3 Å². The summed E-state index contributed by atoms with van der Waals surface area (Å²) in [5.74, 6) is 0.0299. The Bertz CT molecular complexity index is 470. The Labute approximate surface area is 105 Å². The molecular formula is C13H14ClNO2. The van der Waals surface area contributed by atoms with E-state index in [1.54, 1.807) is 17.0 Å². The molecule has 90 valence electrons. The normalized spacial score (nSPS) is 16.1. The number of amides is 1. The molecule has 1 amide bonds. The number of Topliss-reactive ketones (excluding diaryl/α,β-unsaturated/α-hetero) is 1. The first-order valence-corrected chi connectivity index (χ1v) is 6.03. The minimum Gasteiger partial charge on any atom is -0.331 e. The number of halogens is 1. The summed E-state index contributed by atoms with van der Waals surface area (Å²) >= 11 is 5.89. The van der Waals surface area contributed by atoms with Crippen LogP contribution in [0.25, 0.3) is 0 Å². The number of hydrogen-bond acceptors (Lipinski definition) is 2.